The van der Waals surface area contributed by atoms with Crippen molar-refractivity contribution >= 4 is 5.97 Å². The van der Waals surface area contributed by atoms with E-state index < -0.39 is 5.97 Å². The third-order valence-corrected chi connectivity index (χ3v) is 1.19. The summed E-state index contributed by atoms with van der Waals surface area (Å²) in [7, 11) is 1.47. The van der Waals surface area contributed by atoms with Crippen LogP contribution >= 0.6 is 0 Å². The van der Waals surface area contributed by atoms with Crippen molar-refractivity contribution < 1.29 is 45.6 Å². The fourth-order valence-corrected chi connectivity index (χ4v) is 0.628. The van der Waals surface area contributed by atoms with Crippen LogP contribution < -0.4 is 34.3 Å². The zero-order valence-corrected chi connectivity index (χ0v) is 8.94. The normalized spacial score (nSPS) is 8.42. The van der Waals surface area contributed by atoms with Gasteiger partial charge < -0.3 is 11.3 Å². The zero-order valence-electron chi connectivity index (χ0n) is 7.94. The molecule has 0 unspecified atom stereocenters. The number of hydrogen-bond donors (Lipinski definition) is 1. The Balaban J connectivity index is 0. The summed E-state index contributed by atoms with van der Waals surface area (Å²) < 4.78 is 4.74. The number of pyridine rings is 1. The third-order valence-electron chi connectivity index (χ3n) is 1.19. The monoisotopic (exact) mass is 177 g/mol. The molecule has 0 radical (unpaired) electrons. The van der Waals surface area contributed by atoms with Gasteiger partial charge in [-0.25, -0.2) is 9.78 Å². The van der Waals surface area contributed by atoms with Gasteiger partial charge in [-0.15, -0.1) is 0 Å². The predicted molar refractivity (Wildman–Crippen MR) is 38.9 cm³/mol. The molecule has 0 aliphatic rings. The van der Waals surface area contributed by atoms with E-state index in [2.05, 4.69) is 4.98 Å². The number of aromatic carboxylic acids is 1. The minimum atomic E-state index is -0.986. The van der Waals surface area contributed by atoms with Gasteiger partial charge in [-0.1, -0.05) is 0 Å². The number of ether oxygens (including phenoxy) is 1. The average Bonchev–Trinajstić information content (AvgIpc) is 2.05. The van der Waals surface area contributed by atoms with E-state index in [0.29, 0.717) is 5.88 Å². The van der Waals surface area contributed by atoms with Crippen molar-refractivity contribution in [2.24, 2.45) is 0 Å². The van der Waals surface area contributed by atoms with Gasteiger partial charge in [-0.2, -0.15) is 0 Å². The molecule has 0 bridgehead atoms. The second kappa shape index (κ2) is 5.13. The van der Waals surface area contributed by atoms with E-state index >= 15 is 0 Å². The van der Waals surface area contributed by atoms with Gasteiger partial charge in [0.2, 0.25) is 5.88 Å². The zero-order chi connectivity index (χ0) is 8.27. The van der Waals surface area contributed by atoms with E-state index in [0.717, 1.165) is 0 Å². The Morgan fingerprint density at radius 3 is 2.67 bits per heavy atom. The van der Waals surface area contributed by atoms with Crippen LogP contribution in [-0.2, 0) is 0 Å². The number of carboxylic acids is 1. The minimum absolute atomic E-state index is 0. The molecule has 60 valence electrons. The van der Waals surface area contributed by atoms with Crippen molar-refractivity contribution in [1.29, 1.82) is 0 Å². The smallest absolute Gasteiger partial charge is 1.00 e. The van der Waals surface area contributed by atoms with Crippen molar-refractivity contribution in [1.82, 2.24) is 4.98 Å². The number of hydrogen-bond acceptors (Lipinski definition) is 3. The fraction of sp³-hybridized carbons (Fsp3) is 0.143. The summed E-state index contributed by atoms with van der Waals surface area (Å²) in [6.45, 7) is 0. The maximum atomic E-state index is 10.3. The third kappa shape index (κ3) is 2.81. The molecule has 0 aromatic carbocycles. The van der Waals surface area contributed by atoms with Crippen LogP contribution in [0, 0.1) is 0 Å². The molecular weight excluding hydrogens is 169 g/mol. The summed E-state index contributed by atoms with van der Waals surface area (Å²) in [6, 6.07) is 2.94. The number of methoxy groups -OCH3 is 1. The molecule has 1 rings (SSSR count). The molecule has 1 aromatic heterocycles. The van der Waals surface area contributed by atoms with Crippen LogP contribution in [0.2, 0.25) is 0 Å². The molecule has 0 amide bonds. The Morgan fingerprint density at radius 2 is 2.33 bits per heavy atom. The number of carboxylic acid groups (broad SMARTS) is 1. The van der Waals surface area contributed by atoms with E-state index in [1.807, 2.05) is 0 Å². The van der Waals surface area contributed by atoms with E-state index in [9.17, 15) is 4.79 Å². The SMILES string of the molecule is COc1ccc(C(=O)O)cn1.[H-].[Na+]. The van der Waals surface area contributed by atoms with Crippen molar-refractivity contribution in [3.63, 3.8) is 0 Å². The first-order valence-electron chi connectivity index (χ1n) is 2.97. The molecule has 1 aromatic rings. The van der Waals surface area contributed by atoms with Gasteiger partial charge in [0.25, 0.3) is 0 Å². The summed E-state index contributed by atoms with van der Waals surface area (Å²) in [6.07, 6.45) is 1.25. The standard InChI is InChI=1S/C7H7NO3.Na.H/c1-11-6-3-2-5(4-8-6)7(9)10;;/h2-4H,1H3,(H,9,10);;/q;+1;-1. The molecule has 0 atom stereocenters. The first-order chi connectivity index (χ1) is 5.24. The molecule has 12 heavy (non-hydrogen) atoms. The topological polar surface area (TPSA) is 59.4 Å². The summed E-state index contributed by atoms with van der Waals surface area (Å²) in [4.78, 5) is 14.0. The number of aromatic nitrogens is 1. The van der Waals surface area contributed by atoms with E-state index in [4.69, 9.17) is 9.84 Å². The van der Waals surface area contributed by atoms with Gasteiger partial charge in [-0.3, -0.25) is 0 Å². The van der Waals surface area contributed by atoms with E-state index in [1.54, 1.807) is 0 Å². The largest absolute Gasteiger partial charge is 1.00 e. The van der Waals surface area contributed by atoms with Crippen molar-refractivity contribution in [3.8, 4) is 5.88 Å². The molecule has 1 N–H and O–H groups in total. The molecule has 0 fully saturated rings. The molecular formula is C7H8NNaO3. The Hall–Kier alpha value is -0.580. The second-order valence-corrected chi connectivity index (χ2v) is 1.89. The number of rotatable bonds is 2. The second-order valence-electron chi connectivity index (χ2n) is 1.89. The molecule has 0 saturated heterocycles. The summed E-state index contributed by atoms with van der Waals surface area (Å²) in [5.74, 6) is -0.574. The van der Waals surface area contributed by atoms with Crippen molar-refractivity contribution in [3.05, 3.63) is 23.9 Å². The molecule has 0 saturated carbocycles. The molecule has 5 heteroatoms. The Bertz CT molecular complexity index is 265. The molecule has 0 aliphatic carbocycles. The first kappa shape index (κ1) is 11.4. The van der Waals surface area contributed by atoms with Gasteiger partial charge >= 0.3 is 35.5 Å². The van der Waals surface area contributed by atoms with Crippen LogP contribution in [0.4, 0.5) is 0 Å². The Kier molecular flexibility index (Phi) is 4.89. The van der Waals surface area contributed by atoms with Crippen molar-refractivity contribution in [2.45, 2.75) is 0 Å². The summed E-state index contributed by atoms with van der Waals surface area (Å²) in [5, 5.41) is 8.47. The van der Waals surface area contributed by atoms with Crippen LogP contribution in [0.25, 0.3) is 0 Å². The first-order valence-corrected chi connectivity index (χ1v) is 2.97. The van der Waals surface area contributed by atoms with Crippen LogP contribution in [0.15, 0.2) is 18.3 Å². The Morgan fingerprint density at radius 1 is 1.67 bits per heavy atom. The van der Waals surface area contributed by atoms with Gasteiger partial charge in [0.15, 0.2) is 0 Å². The summed E-state index contributed by atoms with van der Waals surface area (Å²) >= 11 is 0. The molecule has 0 aliphatic heterocycles. The van der Waals surface area contributed by atoms with Crippen LogP contribution in [0.5, 0.6) is 5.88 Å². The fourth-order valence-electron chi connectivity index (χ4n) is 0.628. The maximum absolute atomic E-state index is 10.3. The summed E-state index contributed by atoms with van der Waals surface area (Å²) in [5.41, 5.74) is 0.158. The van der Waals surface area contributed by atoms with Crippen LogP contribution in [0.3, 0.4) is 0 Å². The predicted octanol–water partition coefficient (Wildman–Crippen LogP) is -2.10. The van der Waals surface area contributed by atoms with Gasteiger partial charge in [0.05, 0.1) is 12.7 Å². The van der Waals surface area contributed by atoms with E-state index in [-0.39, 0.29) is 36.5 Å². The quantitative estimate of drug-likeness (QED) is 0.526. The average molecular weight is 177 g/mol. The Labute approximate surface area is 93.3 Å². The van der Waals surface area contributed by atoms with Gasteiger partial charge in [0, 0.05) is 12.3 Å². The molecule has 1 heterocycles. The molecule has 0 spiro atoms. The van der Waals surface area contributed by atoms with Crippen LogP contribution in [0.1, 0.15) is 11.8 Å². The van der Waals surface area contributed by atoms with Crippen molar-refractivity contribution in [2.75, 3.05) is 7.11 Å². The van der Waals surface area contributed by atoms with Gasteiger partial charge in [0.1, 0.15) is 0 Å². The molecule has 4 nitrogen and oxygen atoms in total. The van der Waals surface area contributed by atoms with Crippen LogP contribution in [-0.4, -0.2) is 23.2 Å². The van der Waals surface area contributed by atoms with Gasteiger partial charge in [-0.05, 0) is 6.07 Å². The minimum Gasteiger partial charge on any atom is -1.00 e. The maximum Gasteiger partial charge on any atom is 1.00 e. The number of carbonyl (C=O) groups is 1. The van der Waals surface area contributed by atoms with E-state index in [1.165, 1.54) is 25.4 Å². The number of nitrogens with zero attached hydrogens (tertiary/aromatic N) is 1.